The van der Waals surface area contributed by atoms with Gasteiger partial charge in [0.05, 0.1) is 5.60 Å². The van der Waals surface area contributed by atoms with Gasteiger partial charge in [-0.1, -0.05) is 34.1 Å². The molecule has 1 atom stereocenters. The minimum atomic E-state index is -0.121. The summed E-state index contributed by atoms with van der Waals surface area (Å²) < 4.78 is 6.82. The van der Waals surface area contributed by atoms with Crippen LogP contribution in [0.2, 0.25) is 0 Å². The zero-order chi connectivity index (χ0) is 12.9. The van der Waals surface area contributed by atoms with E-state index in [1.807, 2.05) is 13.0 Å². The predicted octanol–water partition coefficient (Wildman–Crippen LogP) is 3.91. The number of rotatable bonds is 6. The van der Waals surface area contributed by atoms with E-state index < -0.39 is 0 Å². The molecule has 0 saturated carbocycles. The lowest BCUT2D eigenvalue weighted by Gasteiger charge is -2.27. The van der Waals surface area contributed by atoms with Gasteiger partial charge in [0, 0.05) is 23.7 Å². The van der Waals surface area contributed by atoms with E-state index in [2.05, 4.69) is 60.2 Å². The van der Waals surface area contributed by atoms with Crippen molar-refractivity contribution in [2.24, 2.45) is 0 Å². The van der Waals surface area contributed by atoms with Crippen molar-refractivity contribution < 1.29 is 4.74 Å². The normalized spacial score (nSPS) is 13.7. The molecule has 1 aromatic carbocycles. The molecular weight excluding hydrogens is 278 g/mol. The van der Waals surface area contributed by atoms with Gasteiger partial charge in [0.15, 0.2) is 0 Å². The van der Waals surface area contributed by atoms with Crippen LogP contribution in [0.5, 0.6) is 0 Å². The highest BCUT2D eigenvalue weighted by Gasteiger charge is 2.19. The summed E-state index contributed by atoms with van der Waals surface area (Å²) in [6.07, 6.45) is 0. The summed E-state index contributed by atoms with van der Waals surface area (Å²) in [5, 5.41) is 3.51. The molecule has 1 aromatic rings. The third-order valence-electron chi connectivity index (χ3n) is 2.74. The van der Waals surface area contributed by atoms with E-state index in [0.717, 1.165) is 17.6 Å². The lowest BCUT2D eigenvalue weighted by atomic mass is 10.1. The fourth-order valence-corrected chi connectivity index (χ4v) is 2.41. The monoisotopic (exact) mass is 299 g/mol. The van der Waals surface area contributed by atoms with Crippen molar-refractivity contribution in [1.82, 2.24) is 5.32 Å². The van der Waals surface area contributed by atoms with Crippen LogP contribution in [0, 0.1) is 0 Å². The molecule has 96 valence electrons. The minimum absolute atomic E-state index is 0.121. The zero-order valence-corrected chi connectivity index (χ0v) is 12.7. The standard InChI is InChI=1S/C14H22BrNO/c1-5-17-14(3,4)10-16-11(2)12-8-6-7-9-13(12)15/h6-9,11,16H,5,10H2,1-4H3. The molecule has 1 N–H and O–H groups in total. The largest absolute Gasteiger partial charge is 0.375 e. The third kappa shape index (κ3) is 4.78. The molecule has 0 aromatic heterocycles. The molecule has 0 aliphatic heterocycles. The summed E-state index contributed by atoms with van der Waals surface area (Å²) in [5.41, 5.74) is 1.16. The van der Waals surface area contributed by atoms with Crippen molar-refractivity contribution in [3.8, 4) is 0 Å². The number of hydrogen-bond acceptors (Lipinski definition) is 2. The highest BCUT2D eigenvalue weighted by Crippen LogP contribution is 2.23. The fourth-order valence-electron chi connectivity index (χ4n) is 1.78. The Kier molecular flexibility index (Phi) is 5.63. The third-order valence-corrected chi connectivity index (χ3v) is 3.46. The SMILES string of the molecule is CCOC(C)(C)CNC(C)c1ccccc1Br. The lowest BCUT2D eigenvalue weighted by Crippen LogP contribution is -2.38. The Balaban J connectivity index is 2.56. The summed E-state index contributed by atoms with van der Waals surface area (Å²) in [6, 6.07) is 8.61. The van der Waals surface area contributed by atoms with Gasteiger partial charge in [0.1, 0.15) is 0 Å². The molecule has 0 amide bonds. The minimum Gasteiger partial charge on any atom is -0.375 e. The average molecular weight is 300 g/mol. The van der Waals surface area contributed by atoms with Crippen LogP contribution < -0.4 is 5.32 Å². The van der Waals surface area contributed by atoms with E-state index in [4.69, 9.17) is 4.74 Å². The maximum absolute atomic E-state index is 5.67. The molecule has 0 bridgehead atoms. The molecule has 0 aliphatic rings. The highest BCUT2D eigenvalue weighted by molar-refractivity contribution is 9.10. The second-order valence-electron chi connectivity index (χ2n) is 4.82. The average Bonchev–Trinajstić information content (AvgIpc) is 2.27. The highest BCUT2D eigenvalue weighted by atomic mass is 79.9. The molecular formula is C14H22BrNO. The molecule has 0 radical (unpaired) electrons. The Hall–Kier alpha value is -0.380. The van der Waals surface area contributed by atoms with E-state index in [-0.39, 0.29) is 5.60 Å². The molecule has 0 saturated heterocycles. The van der Waals surface area contributed by atoms with Crippen molar-refractivity contribution in [2.45, 2.75) is 39.3 Å². The van der Waals surface area contributed by atoms with Crippen molar-refractivity contribution in [1.29, 1.82) is 0 Å². The first-order valence-corrected chi connectivity index (χ1v) is 6.87. The summed E-state index contributed by atoms with van der Waals surface area (Å²) in [4.78, 5) is 0. The molecule has 1 unspecified atom stereocenters. The van der Waals surface area contributed by atoms with Crippen LogP contribution in [-0.2, 0) is 4.74 Å². The van der Waals surface area contributed by atoms with Gasteiger partial charge >= 0.3 is 0 Å². The molecule has 0 aliphatic carbocycles. The zero-order valence-electron chi connectivity index (χ0n) is 11.1. The lowest BCUT2D eigenvalue weighted by molar-refractivity contribution is -0.0103. The van der Waals surface area contributed by atoms with Gasteiger partial charge in [-0.25, -0.2) is 0 Å². The van der Waals surface area contributed by atoms with Crippen LogP contribution in [0.3, 0.4) is 0 Å². The first-order chi connectivity index (χ1) is 7.96. The first kappa shape index (κ1) is 14.7. The Morgan fingerprint density at radius 3 is 2.59 bits per heavy atom. The first-order valence-electron chi connectivity index (χ1n) is 6.08. The number of halogens is 1. The molecule has 3 heteroatoms. The summed E-state index contributed by atoms with van der Waals surface area (Å²) in [5.74, 6) is 0. The predicted molar refractivity (Wildman–Crippen MR) is 76.3 cm³/mol. The van der Waals surface area contributed by atoms with Gasteiger partial charge in [-0.3, -0.25) is 0 Å². The smallest absolute Gasteiger partial charge is 0.0750 e. The van der Waals surface area contributed by atoms with E-state index >= 15 is 0 Å². The van der Waals surface area contributed by atoms with Crippen LogP contribution in [-0.4, -0.2) is 18.8 Å². The van der Waals surface area contributed by atoms with Gasteiger partial charge in [-0.05, 0) is 39.3 Å². The summed E-state index contributed by atoms with van der Waals surface area (Å²) in [6.45, 7) is 10.00. The van der Waals surface area contributed by atoms with Crippen molar-refractivity contribution >= 4 is 15.9 Å². The molecule has 0 heterocycles. The van der Waals surface area contributed by atoms with E-state index in [1.54, 1.807) is 0 Å². The molecule has 1 rings (SSSR count). The van der Waals surface area contributed by atoms with Gasteiger partial charge in [-0.2, -0.15) is 0 Å². The number of nitrogens with one attached hydrogen (secondary N) is 1. The number of benzene rings is 1. The Morgan fingerprint density at radius 1 is 1.35 bits per heavy atom. The van der Waals surface area contributed by atoms with Crippen LogP contribution in [0.1, 0.15) is 39.3 Å². The summed E-state index contributed by atoms with van der Waals surface area (Å²) >= 11 is 3.58. The van der Waals surface area contributed by atoms with E-state index in [1.165, 1.54) is 5.56 Å². The molecule has 2 nitrogen and oxygen atoms in total. The Bertz CT molecular complexity index is 352. The quantitative estimate of drug-likeness (QED) is 0.860. The number of ether oxygens (including phenoxy) is 1. The fraction of sp³-hybridized carbons (Fsp3) is 0.571. The molecule has 0 fully saturated rings. The second-order valence-corrected chi connectivity index (χ2v) is 5.67. The Labute approximate surface area is 113 Å². The van der Waals surface area contributed by atoms with Gasteiger partial charge in [0.2, 0.25) is 0 Å². The molecule has 17 heavy (non-hydrogen) atoms. The van der Waals surface area contributed by atoms with Crippen LogP contribution in [0.25, 0.3) is 0 Å². The second kappa shape index (κ2) is 6.53. The van der Waals surface area contributed by atoms with Gasteiger partial charge < -0.3 is 10.1 Å². The van der Waals surface area contributed by atoms with Crippen LogP contribution in [0.4, 0.5) is 0 Å². The summed E-state index contributed by atoms with van der Waals surface area (Å²) in [7, 11) is 0. The van der Waals surface area contributed by atoms with Crippen LogP contribution >= 0.6 is 15.9 Å². The van der Waals surface area contributed by atoms with Crippen molar-refractivity contribution in [3.63, 3.8) is 0 Å². The van der Waals surface area contributed by atoms with Gasteiger partial charge in [-0.15, -0.1) is 0 Å². The topological polar surface area (TPSA) is 21.3 Å². The maximum Gasteiger partial charge on any atom is 0.0750 e. The van der Waals surface area contributed by atoms with Gasteiger partial charge in [0.25, 0.3) is 0 Å². The Morgan fingerprint density at radius 2 is 2.00 bits per heavy atom. The maximum atomic E-state index is 5.67. The van der Waals surface area contributed by atoms with E-state index in [9.17, 15) is 0 Å². The number of hydrogen-bond donors (Lipinski definition) is 1. The van der Waals surface area contributed by atoms with Crippen molar-refractivity contribution in [3.05, 3.63) is 34.3 Å². The van der Waals surface area contributed by atoms with Crippen molar-refractivity contribution in [2.75, 3.05) is 13.2 Å². The van der Waals surface area contributed by atoms with E-state index in [0.29, 0.717) is 6.04 Å². The van der Waals surface area contributed by atoms with Crippen LogP contribution in [0.15, 0.2) is 28.7 Å². The molecule has 0 spiro atoms.